The topological polar surface area (TPSA) is 15.3 Å². The number of aryl methyl sites for hydroxylation is 1. The second kappa shape index (κ2) is 5.96. The molecule has 2 heteroatoms. The van der Waals surface area contributed by atoms with Gasteiger partial charge in [0, 0.05) is 25.3 Å². The van der Waals surface area contributed by atoms with Crippen LogP contribution in [0.5, 0.6) is 0 Å². The molecule has 104 valence electrons. The summed E-state index contributed by atoms with van der Waals surface area (Å²) in [4.78, 5) is 2.65. The fraction of sp³-hybridized carbons (Fsp3) is 0.647. The van der Waals surface area contributed by atoms with Crippen molar-refractivity contribution < 1.29 is 0 Å². The van der Waals surface area contributed by atoms with Crippen molar-refractivity contribution in [1.82, 2.24) is 4.90 Å². The molecule has 1 atom stereocenters. The van der Waals surface area contributed by atoms with E-state index in [0.717, 1.165) is 19.0 Å². The Labute approximate surface area is 117 Å². The summed E-state index contributed by atoms with van der Waals surface area (Å²) in [5.74, 6) is 0.924. The molecule has 1 unspecified atom stereocenters. The van der Waals surface area contributed by atoms with Gasteiger partial charge in [-0.1, -0.05) is 25.5 Å². The smallest absolute Gasteiger partial charge is 0.0372 e. The van der Waals surface area contributed by atoms with Crippen molar-refractivity contribution >= 4 is 5.69 Å². The van der Waals surface area contributed by atoms with Crippen LogP contribution in [0.2, 0.25) is 0 Å². The maximum absolute atomic E-state index is 3.50. The standard InChI is InChI=1S/C17H26N2/c1-2-14-5-4-10-19(12-14)13-15-7-8-17-16(11-15)6-3-9-18-17/h7-8,11,14,18H,2-6,9-10,12-13H2,1H3. The van der Waals surface area contributed by atoms with Gasteiger partial charge in [-0.05, 0) is 55.3 Å². The fourth-order valence-electron chi connectivity index (χ4n) is 3.51. The third kappa shape index (κ3) is 3.11. The maximum Gasteiger partial charge on any atom is 0.0372 e. The Morgan fingerprint density at radius 1 is 1.32 bits per heavy atom. The van der Waals surface area contributed by atoms with E-state index in [2.05, 4.69) is 35.3 Å². The first kappa shape index (κ1) is 13.0. The highest BCUT2D eigenvalue weighted by Crippen LogP contribution is 2.25. The number of piperidine rings is 1. The Hall–Kier alpha value is -1.02. The molecule has 0 bridgehead atoms. The van der Waals surface area contributed by atoms with Crippen molar-refractivity contribution in [3.05, 3.63) is 29.3 Å². The number of rotatable bonds is 3. The second-order valence-corrected chi connectivity index (χ2v) is 6.17. The van der Waals surface area contributed by atoms with Crippen molar-refractivity contribution in [2.24, 2.45) is 5.92 Å². The Kier molecular flexibility index (Phi) is 4.07. The van der Waals surface area contributed by atoms with Crippen LogP contribution in [0.4, 0.5) is 5.69 Å². The lowest BCUT2D eigenvalue weighted by atomic mass is 9.95. The van der Waals surface area contributed by atoms with Gasteiger partial charge in [0.05, 0.1) is 0 Å². The number of fused-ring (bicyclic) bond motifs is 1. The highest BCUT2D eigenvalue weighted by Gasteiger charge is 2.18. The van der Waals surface area contributed by atoms with Gasteiger partial charge in [0.25, 0.3) is 0 Å². The summed E-state index contributed by atoms with van der Waals surface area (Å²) >= 11 is 0. The zero-order chi connectivity index (χ0) is 13.1. The van der Waals surface area contributed by atoms with E-state index < -0.39 is 0 Å². The first-order valence-corrected chi connectivity index (χ1v) is 7.93. The molecule has 1 aromatic rings. The third-order valence-corrected chi connectivity index (χ3v) is 4.69. The Morgan fingerprint density at radius 2 is 2.26 bits per heavy atom. The van der Waals surface area contributed by atoms with Gasteiger partial charge in [-0.25, -0.2) is 0 Å². The van der Waals surface area contributed by atoms with E-state index in [1.165, 1.54) is 62.0 Å². The zero-order valence-electron chi connectivity index (χ0n) is 12.1. The number of benzene rings is 1. The SMILES string of the molecule is CCC1CCCN(Cc2ccc3c(c2)CCCN3)C1. The van der Waals surface area contributed by atoms with Gasteiger partial charge in [-0.3, -0.25) is 4.90 Å². The minimum Gasteiger partial charge on any atom is -0.385 e. The number of nitrogens with one attached hydrogen (secondary N) is 1. The molecule has 1 aromatic carbocycles. The van der Waals surface area contributed by atoms with E-state index in [1.807, 2.05) is 0 Å². The van der Waals surface area contributed by atoms with Crippen molar-refractivity contribution in [3.63, 3.8) is 0 Å². The van der Waals surface area contributed by atoms with Crippen LogP contribution in [0.3, 0.4) is 0 Å². The summed E-state index contributed by atoms with van der Waals surface area (Å²) in [5.41, 5.74) is 4.38. The van der Waals surface area contributed by atoms with E-state index in [9.17, 15) is 0 Å². The number of hydrogen-bond acceptors (Lipinski definition) is 2. The van der Waals surface area contributed by atoms with E-state index in [1.54, 1.807) is 0 Å². The fourth-order valence-corrected chi connectivity index (χ4v) is 3.51. The molecule has 0 aliphatic carbocycles. The summed E-state index contributed by atoms with van der Waals surface area (Å²) in [5, 5.41) is 3.50. The average Bonchev–Trinajstić information content (AvgIpc) is 2.47. The molecule has 2 nitrogen and oxygen atoms in total. The molecule has 2 heterocycles. The molecule has 1 saturated heterocycles. The van der Waals surface area contributed by atoms with Gasteiger partial charge >= 0.3 is 0 Å². The number of likely N-dealkylation sites (tertiary alicyclic amines) is 1. The van der Waals surface area contributed by atoms with Gasteiger partial charge in [0.1, 0.15) is 0 Å². The van der Waals surface area contributed by atoms with Crippen LogP contribution in [-0.2, 0) is 13.0 Å². The third-order valence-electron chi connectivity index (χ3n) is 4.69. The Bertz CT molecular complexity index is 427. The van der Waals surface area contributed by atoms with Crippen molar-refractivity contribution in [2.75, 3.05) is 25.0 Å². The predicted molar refractivity (Wildman–Crippen MR) is 81.5 cm³/mol. The Balaban J connectivity index is 1.66. The lowest BCUT2D eigenvalue weighted by Gasteiger charge is -2.32. The number of nitrogens with zero attached hydrogens (tertiary/aromatic N) is 1. The molecule has 1 fully saturated rings. The van der Waals surface area contributed by atoms with Crippen molar-refractivity contribution in [2.45, 2.75) is 45.6 Å². The van der Waals surface area contributed by atoms with Crippen LogP contribution in [0.15, 0.2) is 18.2 Å². The molecular weight excluding hydrogens is 232 g/mol. The largest absolute Gasteiger partial charge is 0.385 e. The van der Waals surface area contributed by atoms with Gasteiger partial charge in [-0.2, -0.15) is 0 Å². The lowest BCUT2D eigenvalue weighted by molar-refractivity contribution is 0.164. The molecule has 0 spiro atoms. The number of hydrogen-bond donors (Lipinski definition) is 1. The van der Waals surface area contributed by atoms with Gasteiger partial charge in [0.15, 0.2) is 0 Å². The summed E-state index contributed by atoms with van der Waals surface area (Å²) in [6.45, 7) is 7.19. The average molecular weight is 258 g/mol. The molecule has 0 amide bonds. The quantitative estimate of drug-likeness (QED) is 0.890. The highest BCUT2D eigenvalue weighted by molar-refractivity contribution is 5.54. The molecule has 3 rings (SSSR count). The summed E-state index contributed by atoms with van der Waals surface area (Å²) < 4.78 is 0. The van der Waals surface area contributed by atoms with Crippen LogP contribution in [0, 0.1) is 5.92 Å². The highest BCUT2D eigenvalue weighted by atomic mass is 15.1. The first-order chi connectivity index (χ1) is 9.35. The summed E-state index contributed by atoms with van der Waals surface area (Å²) in [6, 6.07) is 7.02. The normalized spacial score (nSPS) is 23.7. The van der Waals surface area contributed by atoms with Crippen molar-refractivity contribution in [3.8, 4) is 0 Å². The zero-order valence-corrected chi connectivity index (χ0v) is 12.1. The predicted octanol–water partition coefficient (Wildman–Crippen LogP) is 3.67. The van der Waals surface area contributed by atoms with E-state index >= 15 is 0 Å². The van der Waals surface area contributed by atoms with E-state index in [0.29, 0.717) is 0 Å². The molecule has 19 heavy (non-hydrogen) atoms. The molecule has 2 aliphatic heterocycles. The molecule has 0 radical (unpaired) electrons. The second-order valence-electron chi connectivity index (χ2n) is 6.17. The van der Waals surface area contributed by atoms with Crippen LogP contribution in [-0.4, -0.2) is 24.5 Å². The first-order valence-electron chi connectivity index (χ1n) is 7.93. The van der Waals surface area contributed by atoms with E-state index in [4.69, 9.17) is 0 Å². The minimum absolute atomic E-state index is 0.924. The molecular formula is C17H26N2. The van der Waals surface area contributed by atoms with Crippen LogP contribution in [0.1, 0.15) is 43.7 Å². The monoisotopic (exact) mass is 258 g/mol. The Morgan fingerprint density at radius 3 is 3.16 bits per heavy atom. The van der Waals surface area contributed by atoms with E-state index in [-0.39, 0.29) is 0 Å². The number of anilines is 1. The summed E-state index contributed by atoms with van der Waals surface area (Å²) in [7, 11) is 0. The van der Waals surface area contributed by atoms with Gasteiger partial charge in [-0.15, -0.1) is 0 Å². The van der Waals surface area contributed by atoms with Crippen LogP contribution >= 0.6 is 0 Å². The summed E-state index contributed by atoms with van der Waals surface area (Å²) in [6.07, 6.45) is 6.67. The molecule has 0 saturated carbocycles. The van der Waals surface area contributed by atoms with Crippen molar-refractivity contribution in [1.29, 1.82) is 0 Å². The minimum atomic E-state index is 0.924. The van der Waals surface area contributed by atoms with Gasteiger partial charge < -0.3 is 5.32 Å². The maximum atomic E-state index is 3.50. The van der Waals surface area contributed by atoms with Gasteiger partial charge in [0.2, 0.25) is 0 Å². The molecule has 1 N–H and O–H groups in total. The van der Waals surface area contributed by atoms with Crippen LogP contribution < -0.4 is 5.32 Å². The van der Waals surface area contributed by atoms with Crippen LogP contribution in [0.25, 0.3) is 0 Å². The molecule has 2 aliphatic rings. The molecule has 0 aromatic heterocycles. The lowest BCUT2D eigenvalue weighted by Crippen LogP contribution is -2.34.